The zero-order valence-corrected chi connectivity index (χ0v) is 23.7. The maximum atomic E-state index is 13.8. The molecule has 2 N–H and O–H groups in total. The Bertz CT molecular complexity index is 1130. The van der Waals surface area contributed by atoms with Crippen molar-refractivity contribution in [3.63, 3.8) is 0 Å². The van der Waals surface area contributed by atoms with E-state index in [9.17, 15) is 19.2 Å². The fourth-order valence-corrected chi connectivity index (χ4v) is 5.39. The SMILES string of the molecule is COc1ccc(C[C@H](NC(=O)C2(NC(=O)[C@H](SC(C)=O)C(C)C)CCCC2)C(=O)OCc2cccnc2)cc1. The normalized spacial score (nSPS) is 15.7. The van der Waals surface area contributed by atoms with Crippen LogP contribution in [0.4, 0.5) is 0 Å². The number of carbonyl (C=O) groups is 4. The number of pyridine rings is 1. The predicted octanol–water partition coefficient (Wildman–Crippen LogP) is 3.59. The summed E-state index contributed by atoms with van der Waals surface area (Å²) in [5.74, 6) is -0.803. The van der Waals surface area contributed by atoms with Gasteiger partial charge in [-0.2, -0.15) is 0 Å². The minimum absolute atomic E-state index is 0.0157. The molecule has 9 nitrogen and oxygen atoms in total. The molecule has 1 aromatic carbocycles. The number of aromatic nitrogens is 1. The van der Waals surface area contributed by atoms with Gasteiger partial charge in [-0.05, 0) is 42.5 Å². The second kappa shape index (κ2) is 14.1. The number of thioether (sulfide) groups is 1. The van der Waals surface area contributed by atoms with Crippen molar-refractivity contribution in [1.29, 1.82) is 0 Å². The van der Waals surface area contributed by atoms with Crippen LogP contribution in [0.5, 0.6) is 5.75 Å². The third-order valence-corrected chi connectivity index (χ3v) is 8.05. The first-order chi connectivity index (χ1) is 18.6. The van der Waals surface area contributed by atoms with E-state index in [1.807, 2.05) is 26.0 Å². The van der Waals surface area contributed by atoms with Gasteiger partial charge in [-0.1, -0.05) is 56.7 Å². The van der Waals surface area contributed by atoms with E-state index in [1.165, 1.54) is 6.92 Å². The summed E-state index contributed by atoms with van der Waals surface area (Å²) in [5, 5.41) is 5.06. The monoisotopic (exact) mass is 555 g/mol. The van der Waals surface area contributed by atoms with Gasteiger partial charge in [0.05, 0.1) is 12.4 Å². The molecule has 2 aromatic rings. The molecule has 0 spiro atoms. The van der Waals surface area contributed by atoms with Crippen LogP contribution in [-0.4, -0.2) is 51.8 Å². The molecule has 1 aliphatic rings. The molecule has 1 saturated carbocycles. The first kappa shape index (κ1) is 30.1. The van der Waals surface area contributed by atoms with Gasteiger partial charge in [0.1, 0.15) is 23.9 Å². The Hall–Kier alpha value is -3.40. The molecule has 0 unspecified atom stereocenters. The Kier molecular flexibility index (Phi) is 10.9. The summed E-state index contributed by atoms with van der Waals surface area (Å²) in [6, 6.07) is 9.78. The van der Waals surface area contributed by atoms with Crippen molar-refractivity contribution in [2.75, 3.05) is 7.11 Å². The zero-order valence-electron chi connectivity index (χ0n) is 22.9. The second-order valence-electron chi connectivity index (χ2n) is 10.1. The Labute approximate surface area is 233 Å². The number of hydrogen-bond donors (Lipinski definition) is 2. The lowest BCUT2D eigenvalue weighted by atomic mass is 9.94. The van der Waals surface area contributed by atoms with Crippen molar-refractivity contribution >= 4 is 34.7 Å². The average molecular weight is 556 g/mol. The van der Waals surface area contributed by atoms with E-state index in [-0.39, 0.29) is 30.0 Å². The molecule has 210 valence electrons. The Morgan fingerprint density at radius 1 is 1.05 bits per heavy atom. The van der Waals surface area contributed by atoms with E-state index < -0.39 is 28.7 Å². The van der Waals surface area contributed by atoms with Crippen molar-refractivity contribution in [1.82, 2.24) is 15.6 Å². The lowest BCUT2D eigenvalue weighted by Gasteiger charge is -2.33. The van der Waals surface area contributed by atoms with E-state index >= 15 is 0 Å². The zero-order chi connectivity index (χ0) is 28.4. The number of hydrogen-bond acceptors (Lipinski definition) is 8. The molecule has 39 heavy (non-hydrogen) atoms. The number of methoxy groups -OCH3 is 1. The third-order valence-electron chi connectivity index (χ3n) is 6.70. The highest BCUT2D eigenvalue weighted by Gasteiger charge is 2.45. The Morgan fingerprint density at radius 3 is 2.31 bits per heavy atom. The van der Waals surface area contributed by atoms with E-state index in [4.69, 9.17) is 9.47 Å². The number of nitrogens with zero attached hydrogens (tertiary/aromatic N) is 1. The quantitative estimate of drug-likeness (QED) is 0.381. The standard InChI is InChI=1S/C29H37N3O6S/c1-19(2)25(39-20(3)33)26(34)32-29(13-5-6-14-29)28(36)31-24(16-21-9-11-23(37-4)12-10-21)27(35)38-18-22-8-7-15-30-17-22/h7-12,15,17,19,24-25H,5-6,13-14,16,18H2,1-4H3,(H,31,36)(H,32,34)/t24-,25+/m0/s1. The Balaban J connectivity index is 1.80. The lowest BCUT2D eigenvalue weighted by molar-refractivity contribution is -0.150. The molecule has 1 aliphatic carbocycles. The van der Waals surface area contributed by atoms with Crippen molar-refractivity contribution in [3.8, 4) is 5.75 Å². The molecule has 2 amide bonds. The van der Waals surface area contributed by atoms with Crippen LogP contribution in [0.2, 0.25) is 0 Å². The van der Waals surface area contributed by atoms with Gasteiger partial charge < -0.3 is 20.1 Å². The average Bonchev–Trinajstić information content (AvgIpc) is 3.40. The van der Waals surface area contributed by atoms with Crippen molar-refractivity contribution < 1.29 is 28.7 Å². The minimum Gasteiger partial charge on any atom is -0.497 e. The molecule has 0 aliphatic heterocycles. The molecule has 0 saturated heterocycles. The van der Waals surface area contributed by atoms with Gasteiger partial charge >= 0.3 is 5.97 Å². The number of benzene rings is 1. The highest BCUT2D eigenvalue weighted by Crippen LogP contribution is 2.32. The van der Waals surface area contributed by atoms with Gasteiger partial charge in [0.2, 0.25) is 11.8 Å². The number of nitrogens with one attached hydrogen (secondary N) is 2. The molecule has 2 atom stereocenters. The highest BCUT2D eigenvalue weighted by atomic mass is 32.2. The highest BCUT2D eigenvalue weighted by molar-refractivity contribution is 8.14. The van der Waals surface area contributed by atoms with Gasteiger partial charge in [-0.15, -0.1) is 0 Å². The van der Waals surface area contributed by atoms with Crippen LogP contribution >= 0.6 is 11.8 Å². The summed E-state index contributed by atoms with van der Waals surface area (Å²) in [5.41, 5.74) is 0.368. The van der Waals surface area contributed by atoms with Gasteiger partial charge in [-0.3, -0.25) is 19.4 Å². The molecule has 0 bridgehead atoms. The van der Waals surface area contributed by atoms with Crippen LogP contribution in [0.15, 0.2) is 48.8 Å². The van der Waals surface area contributed by atoms with E-state index in [2.05, 4.69) is 15.6 Å². The van der Waals surface area contributed by atoms with Crippen molar-refractivity contribution in [2.24, 2.45) is 5.92 Å². The summed E-state index contributed by atoms with van der Waals surface area (Å²) in [6.45, 7) is 5.17. The fraction of sp³-hybridized carbons (Fsp3) is 0.483. The summed E-state index contributed by atoms with van der Waals surface area (Å²) >= 11 is 0.965. The van der Waals surface area contributed by atoms with Gasteiger partial charge in [-0.25, -0.2) is 4.79 Å². The van der Waals surface area contributed by atoms with Crippen molar-refractivity contribution in [3.05, 3.63) is 59.9 Å². The number of carbonyl (C=O) groups excluding carboxylic acids is 4. The second-order valence-corrected chi connectivity index (χ2v) is 11.4. The topological polar surface area (TPSA) is 124 Å². The van der Waals surface area contributed by atoms with Crippen LogP contribution < -0.4 is 15.4 Å². The van der Waals surface area contributed by atoms with Gasteiger partial charge in [0, 0.05) is 31.3 Å². The van der Waals surface area contributed by atoms with E-state index in [0.717, 1.165) is 35.7 Å². The first-order valence-electron chi connectivity index (χ1n) is 13.1. The maximum absolute atomic E-state index is 13.8. The molecule has 10 heteroatoms. The maximum Gasteiger partial charge on any atom is 0.329 e. The van der Waals surface area contributed by atoms with E-state index in [1.54, 1.807) is 43.8 Å². The molecule has 1 heterocycles. The summed E-state index contributed by atoms with van der Waals surface area (Å²) < 4.78 is 10.8. The third kappa shape index (κ3) is 8.54. The first-order valence-corrected chi connectivity index (χ1v) is 14.0. The van der Waals surface area contributed by atoms with Crippen molar-refractivity contribution in [2.45, 2.75) is 76.3 Å². The molecular weight excluding hydrogens is 518 g/mol. The molecule has 3 rings (SSSR count). The lowest BCUT2D eigenvalue weighted by Crippen LogP contribution is -2.61. The van der Waals surface area contributed by atoms with Crippen LogP contribution in [-0.2, 0) is 36.9 Å². The predicted molar refractivity (Wildman–Crippen MR) is 149 cm³/mol. The number of rotatable bonds is 12. The smallest absolute Gasteiger partial charge is 0.329 e. The fourth-order valence-electron chi connectivity index (χ4n) is 4.59. The summed E-state index contributed by atoms with van der Waals surface area (Å²) in [6.07, 6.45) is 5.84. The van der Waals surface area contributed by atoms with Gasteiger partial charge in [0.15, 0.2) is 5.12 Å². The molecule has 1 fully saturated rings. The molecule has 1 aromatic heterocycles. The summed E-state index contributed by atoms with van der Waals surface area (Å²) in [7, 11) is 1.57. The summed E-state index contributed by atoms with van der Waals surface area (Å²) in [4.78, 5) is 56.0. The Morgan fingerprint density at radius 2 is 1.74 bits per heavy atom. The van der Waals surface area contributed by atoms with Crippen LogP contribution in [0.1, 0.15) is 57.6 Å². The van der Waals surface area contributed by atoms with E-state index in [0.29, 0.717) is 18.6 Å². The largest absolute Gasteiger partial charge is 0.497 e. The number of ether oxygens (including phenoxy) is 2. The van der Waals surface area contributed by atoms with Crippen LogP contribution in [0.3, 0.4) is 0 Å². The molecular formula is C29H37N3O6S. The van der Waals surface area contributed by atoms with Crippen LogP contribution in [0.25, 0.3) is 0 Å². The number of amides is 2. The minimum atomic E-state index is -1.16. The molecule has 0 radical (unpaired) electrons. The number of esters is 1. The van der Waals surface area contributed by atoms with Crippen LogP contribution in [0, 0.1) is 5.92 Å². The van der Waals surface area contributed by atoms with Gasteiger partial charge in [0.25, 0.3) is 0 Å².